The van der Waals surface area contributed by atoms with Crippen molar-refractivity contribution in [3.63, 3.8) is 0 Å². The first-order valence-corrected chi connectivity index (χ1v) is 12.7. The fourth-order valence-corrected chi connectivity index (χ4v) is 4.91. The molecule has 3 N–H and O–H groups in total. The molecule has 0 aromatic heterocycles. The van der Waals surface area contributed by atoms with E-state index in [-0.39, 0.29) is 28.9 Å². The van der Waals surface area contributed by atoms with Crippen molar-refractivity contribution in [3.05, 3.63) is 42.0 Å². The summed E-state index contributed by atoms with van der Waals surface area (Å²) in [5.41, 5.74) is 2.46. The van der Waals surface area contributed by atoms with Gasteiger partial charge in [0.1, 0.15) is 5.75 Å². The number of anilines is 3. The molecule has 0 aliphatic heterocycles. The molecule has 0 atom stereocenters. The number of ether oxygens (including phenoxy) is 1. The summed E-state index contributed by atoms with van der Waals surface area (Å²) >= 11 is 0. The Morgan fingerprint density at radius 1 is 0.941 bits per heavy atom. The van der Waals surface area contributed by atoms with Crippen LogP contribution in [0.25, 0.3) is 0 Å². The Morgan fingerprint density at radius 2 is 1.59 bits per heavy atom. The van der Waals surface area contributed by atoms with Gasteiger partial charge in [-0.3, -0.25) is 9.59 Å². The normalized spacial score (nSPS) is 11.2. The van der Waals surface area contributed by atoms with Gasteiger partial charge in [0.2, 0.25) is 21.8 Å². The standard InChI is InChI=1S/C24H34N4O5S/c1-6-10-23(29)26-20-12-9-11-19(17(20)4)25-16-24(30)27-21-15-18(13-14-22(21)33-5)34(31,32)28(7-2)8-3/h9,11-15,25H,6-8,10,16H2,1-5H3,(H,26,29)(H,27,30). The van der Waals surface area contributed by atoms with Crippen LogP contribution in [0.2, 0.25) is 0 Å². The largest absolute Gasteiger partial charge is 0.495 e. The van der Waals surface area contributed by atoms with Crippen LogP contribution in [0.5, 0.6) is 5.75 Å². The maximum atomic E-state index is 12.9. The topological polar surface area (TPSA) is 117 Å². The van der Waals surface area contributed by atoms with Crippen molar-refractivity contribution < 1.29 is 22.7 Å². The van der Waals surface area contributed by atoms with Crippen LogP contribution in [0.4, 0.5) is 17.1 Å². The Morgan fingerprint density at radius 3 is 2.21 bits per heavy atom. The van der Waals surface area contributed by atoms with Crippen LogP contribution in [0.3, 0.4) is 0 Å². The van der Waals surface area contributed by atoms with E-state index in [1.54, 1.807) is 26.0 Å². The second-order valence-corrected chi connectivity index (χ2v) is 9.57. The summed E-state index contributed by atoms with van der Waals surface area (Å²) in [6, 6.07) is 9.80. The van der Waals surface area contributed by atoms with E-state index in [1.165, 1.54) is 29.6 Å². The summed E-state index contributed by atoms with van der Waals surface area (Å²) in [6.45, 7) is 7.94. The van der Waals surface area contributed by atoms with Gasteiger partial charge in [-0.2, -0.15) is 4.31 Å². The molecule has 2 aromatic rings. The highest BCUT2D eigenvalue weighted by atomic mass is 32.2. The third-order valence-electron chi connectivity index (χ3n) is 5.31. The lowest BCUT2D eigenvalue weighted by atomic mass is 10.1. The molecule has 34 heavy (non-hydrogen) atoms. The first kappa shape index (κ1) is 27.1. The second kappa shape index (κ2) is 12.4. The zero-order chi connectivity index (χ0) is 25.3. The number of sulfonamides is 1. The number of amides is 2. The highest BCUT2D eigenvalue weighted by molar-refractivity contribution is 7.89. The van der Waals surface area contributed by atoms with E-state index >= 15 is 0 Å². The lowest BCUT2D eigenvalue weighted by Gasteiger charge is -2.20. The minimum absolute atomic E-state index is 0.0628. The Hall–Kier alpha value is -3.11. The smallest absolute Gasteiger partial charge is 0.243 e. The van der Waals surface area contributed by atoms with Crippen molar-refractivity contribution in [1.82, 2.24) is 4.31 Å². The number of rotatable bonds is 12. The SMILES string of the molecule is CCCC(=O)Nc1cccc(NCC(=O)Nc2cc(S(=O)(=O)N(CC)CC)ccc2OC)c1C. The average Bonchev–Trinajstić information content (AvgIpc) is 2.80. The number of hydrogen-bond acceptors (Lipinski definition) is 6. The molecule has 2 amide bonds. The van der Waals surface area contributed by atoms with Gasteiger partial charge in [0.05, 0.1) is 24.2 Å². The first-order chi connectivity index (χ1) is 16.2. The van der Waals surface area contributed by atoms with Crippen LogP contribution in [0.1, 0.15) is 39.2 Å². The van der Waals surface area contributed by atoms with Crippen molar-refractivity contribution >= 4 is 38.9 Å². The maximum Gasteiger partial charge on any atom is 0.243 e. The van der Waals surface area contributed by atoms with Gasteiger partial charge in [-0.25, -0.2) is 8.42 Å². The molecule has 0 spiro atoms. The predicted octanol–water partition coefficient (Wildman–Crippen LogP) is 3.82. The van der Waals surface area contributed by atoms with Crippen molar-refractivity contribution in [2.75, 3.05) is 42.7 Å². The number of nitrogens with zero attached hydrogens (tertiary/aromatic N) is 1. The van der Waals surface area contributed by atoms with Crippen LogP contribution in [0, 0.1) is 6.92 Å². The van der Waals surface area contributed by atoms with E-state index in [0.29, 0.717) is 36.6 Å². The third-order valence-corrected chi connectivity index (χ3v) is 7.36. The predicted molar refractivity (Wildman–Crippen MR) is 135 cm³/mol. The van der Waals surface area contributed by atoms with Gasteiger partial charge in [0, 0.05) is 30.9 Å². The monoisotopic (exact) mass is 490 g/mol. The van der Waals surface area contributed by atoms with Crippen molar-refractivity contribution in [2.45, 2.75) is 45.4 Å². The zero-order valence-corrected chi connectivity index (χ0v) is 21.2. The molecular weight excluding hydrogens is 456 g/mol. The van der Waals surface area contributed by atoms with Gasteiger partial charge < -0.3 is 20.7 Å². The lowest BCUT2D eigenvalue weighted by Crippen LogP contribution is -2.30. The summed E-state index contributed by atoms with van der Waals surface area (Å²) in [6.07, 6.45) is 1.19. The number of carbonyl (C=O) groups excluding carboxylic acids is 2. The highest BCUT2D eigenvalue weighted by Crippen LogP contribution is 2.29. The van der Waals surface area contributed by atoms with Crippen LogP contribution in [-0.2, 0) is 19.6 Å². The Bertz CT molecular complexity index is 1110. The van der Waals surface area contributed by atoms with Crippen molar-refractivity contribution in [1.29, 1.82) is 0 Å². The van der Waals surface area contributed by atoms with Gasteiger partial charge in [0.15, 0.2) is 0 Å². The highest BCUT2D eigenvalue weighted by Gasteiger charge is 2.23. The van der Waals surface area contributed by atoms with Crippen molar-refractivity contribution in [3.8, 4) is 5.75 Å². The van der Waals surface area contributed by atoms with Gasteiger partial charge in [0.25, 0.3) is 0 Å². The molecule has 0 aliphatic carbocycles. The van der Waals surface area contributed by atoms with Gasteiger partial charge in [-0.1, -0.05) is 26.8 Å². The molecule has 2 aromatic carbocycles. The van der Waals surface area contributed by atoms with E-state index in [2.05, 4.69) is 16.0 Å². The van der Waals surface area contributed by atoms with Crippen molar-refractivity contribution in [2.24, 2.45) is 0 Å². The number of nitrogens with one attached hydrogen (secondary N) is 3. The fourth-order valence-electron chi connectivity index (χ4n) is 3.43. The van der Waals surface area contributed by atoms with E-state index in [1.807, 2.05) is 19.9 Å². The van der Waals surface area contributed by atoms with Gasteiger partial charge in [-0.05, 0) is 49.2 Å². The molecule has 0 saturated carbocycles. The molecule has 0 aliphatic rings. The van der Waals surface area contributed by atoms with E-state index < -0.39 is 10.0 Å². The molecule has 10 heteroatoms. The molecule has 0 bridgehead atoms. The fraction of sp³-hybridized carbons (Fsp3) is 0.417. The molecule has 186 valence electrons. The van der Waals surface area contributed by atoms with Crippen LogP contribution in [-0.4, -0.2) is 51.3 Å². The van der Waals surface area contributed by atoms with Crippen LogP contribution >= 0.6 is 0 Å². The number of hydrogen-bond donors (Lipinski definition) is 3. The minimum Gasteiger partial charge on any atom is -0.495 e. The average molecular weight is 491 g/mol. The quantitative estimate of drug-likeness (QED) is 0.416. The Kier molecular flexibility index (Phi) is 9.88. The van der Waals surface area contributed by atoms with Gasteiger partial charge >= 0.3 is 0 Å². The second-order valence-electron chi connectivity index (χ2n) is 7.63. The molecule has 0 radical (unpaired) electrons. The number of benzene rings is 2. The van der Waals surface area contributed by atoms with Crippen LogP contribution < -0.4 is 20.7 Å². The van der Waals surface area contributed by atoms with Gasteiger partial charge in [-0.15, -0.1) is 0 Å². The maximum absolute atomic E-state index is 12.9. The number of carbonyl (C=O) groups is 2. The van der Waals surface area contributed by atoms with E-state index in [9.17, 15) is 18.0 Å². The van der Waals surface area contributed by atoms with E-state index in [0.717, 1.165) is 12.0 Å². The molecule has 0 unspecified atom stereocenters. The summed E-state index contributed by atoms with van der Waals surface area (Å²) < 4.78 is 32.4. The Balaban J connectivity index is 2.15. The molecule has 0 saturated heterocycles. The van der Waals surface area contributed by atoms with E-state index in [4.69, 9.17) is 4.74 Å². The summed E-state index contributed by atoms with van der Waals surface area (Å²) in [5.74, 6) is -0.0914. The zero-order valence-electron chi connectivity index (χ0n) is 20.4. The summed E-state index contributed by atoms with van der Waals surface area (Å²) in [4.78, 5) is 24.7. The molecule has 9 nitrogen and oxygen atoms in total. The number of methoxy groups -OCH3 is 1. The third kappa shape index (κ3) is 6.71. The minimum atomic E-state index is -3.69. The van der Waals surface area contributed by atoms with Crippen LogP contribution in [0.15, 0.2) is 41.3 Å². The summed E-state index contributed by atoms with van der Waals surface area (Å²) in [7, 11) is -2.24. The summed E-state index contributed by atoms with van der Waals surface area (Å²) in [5, 5.41) is 8.67. The molecule has 2 rings (SSSR count). The molecule has 0 fully saturated rings. The Labute approximate surface area is 201 Å². The molecular formula is C24H34N4O5S. The lowest BCUT2D eigenvalue weighted by molar-refractivity contribution is -0.116. The molecule has 0 heterocycles. The first-order valence-electron chi connectivity index (χ1n) is 11.3.